The van der Waals surface area contributed by atoms with Crippen molar-refractivity contribution < 1.29 is 8.83 Å². The second-order valence-electron chi connectivity index (χ2n) is 12.3. The molecule has 0 amide bonds. The van der Waals surface area contributed by atoms with Crippen LogP contribution in [0.4, 0.5) is 0 Å². The number of fused-ring (bicyclic) bond motifs is 6. The minimum atomic E-state index is 0.726. The van der Waals surface area contributed by atoms with Crippen molar-refractivity contribution in [1.29, 1.82) is 0 Å². The van der Waals surface area contributed by atoms with Gasteiger partial charge in [0.15, 0.2) is 11.2 Å². The van der Waals surface area contributed by atoms with Crippen LogP contribution < -0.4 is 0 Å². The van der Waals surface area contributed by atoms with E-state index in [1.54, 1.807) is 0 Å². The van der Waals surface area contributed by atoms with E-state index in [0.717, 1.165) is 100 Å². The van der Waals surface area contributed by atoms with Crippen LogP contribution in [0.1, 0.15) is 0 Å². The lowest BCUT2D eigenvalue weighted by Gasteiger charge is -2.06. The minimum Gasteiger partial charge on any atom is -0.454 e. The first-order chi connectivity index (χ1) is 24.8. The molecule has 0 bridgehead atoms. The molecule has 0 radical (unpaired) electrons. The van der Waals surface area contributed by atoms with E-state index in [4.69, 9.17) is 28.8 Å². The first kappa shape index (κ1) is 28.1. The molecule has 0 aliphatic rings. The van der Waals surface area contributed by atoms with E-state index in [1.165, 1.54) is 0 Å². The number of aromatic nitrogens is 4. The predicted octanol–water partition coefficient (Wildman–Crippen LogP) is 11.4. The summed E-state index contributed by atoms with van der Waals surface area (Å²) in [5.41, 5.74) is 14.6. The third kappa shape index (κ3) is 4.65. The standard InChI is InChI=1S/C44H26N4O2/c1-3-7-27(8-4-1)29-13-17-39-35(23-29)41-43(49-39)33(19-21-45-41)37-15-11-31(25-47-37)32-12-16-38(48-26-32)34-20-22-46-42-36-24-30(28-9-5-2-6-10-28)14-18-40(36)50-44(34)42/h1-26H. The Morgan fingerprint density at radius 2 is 0.800 bits per heavy atom. The Balaban J connectivity index is 0.958. The van der Waals surface area contributed by atoms with Gasteiger partial charge in [-0.05, 0) is 70.8 Å². The van der Waals surface area contributed by atoms with Crippen molar-refractivity contribution in [2.45, 2.75) is 0 Å². The van der Waals surface area contributed by atoms with Gasteiger partial charge < -0.3 is 8.83 Å². The van der Waals surface area contributed by atoms with E-state index < -0.39 is 0 Å². The molecule has 6 nitrogen and oxygen atoms in total. The fourth-order valence-electron chi connectivity index (χ4n) is 6.79. The van der Waals surface area contributed by atoms with Gasteiger partial charge in [-0.2, -0.15) is 0 Å². The third-order valence-electron chi connectivity index (χ3n) is 9.33. The Kier molecular flexibility index (Phi) is 6.39. The lowest BCUT2D eigenvalue weighted by molar-refractivity contribution is 0.668. The van der Waals surface area contributed by atoms with E-state index in [0.29, 0.717) is 0 Å². The molecule has 0 unspecified atom stereocenters. The minimum absolute atomic E-state index is 0.726. The molecule has 0 N–H and O–H groups in total. The smallest absolute Gasteiger partial charge is 0.163 e. The molecule has 0 saturated heterocycles. The molecule has 0 atom stereocenters. The van der Waals surface area contributed by atoms with E-state index in [1.807, 2.05) is 97.6 Å². The van der Waals surface area contributed by atoms with Crippen LogP contribution in [0, 0.1) is 0 Å². The van der Waals surface area contributed by atoms with Crippen molar-refractivity contribution in [1.82, 2.24) is 19.9 Å². The van der Waals surface area contributed by atoms with Crippen LogP contribution in [0.3, 0.4) is 0 Å². The average Bonchev–Trinajstić information content (AvgIpc) is 3.77. The van der Waals surface area contributed by atoms with Crippen LogP contribution in [-0.4, -0.2) is 19.9 Å². The topological polar surface area (TPSA) is 77.8 Å². The van der Waals surface area contributed by atoms with Gasteiger partial charge in [0.1, 0.15) is 22.2 Å². The molecule has 10 aromatic rings. The van der Waals surface area contributed by atoms with Gasteiger partial charge in [0, 0.05) is 57.8 Å². The third-order valence-corrected chi connectivity index (χ3v) is 9.33. The molecular weight excluding hydrogens is 617 g/mol. The van der Waals surface area contributed by atoms with Crippen LogP contribution in [0.15, 0.2) is 167 Å². The molecule has 10 rings (SSSR count). The highest BCUT2D eigenvalue weighted by atomic mass is 16.3. The molecule has 234 valence electrons. The van der Waals surface area contributed by atoms with Gasteiger partial charge >= 0.3 is 0 Å². The van der Waals surface area contributed by atoms with E-state index in [-0.39, 0.29) is 0 Å². The Morgan fingerprint density at radius 3 is 1.22 bits per heavy atom. The van der Waals surface area contributed by atoms with Crippen molar-refractivity contribution in [3.63, 3.8) is 0 Å². The van der Waals surface area contributed by atoms with Crippen molar-refractivity contribution in [2.75, 3.05) is 0 Å². The fourth-order valence-corrected chi connectivity index (χ4v) is 6.79. The van der Waals surface area contributed by atoms with Gasteiger partial charge in [-0.15, -0.1) is 0 Å². The number of rotatable bonds is 5. The monoisotopic (exact) mass is 642 g/mol. The molecule has 6 heteroatoms. The van der Waals surface area contributed by atoms with E-state index in [9.17, 15) is 0 Å². The second kappa shape index (κ2) is 11.4. The van der Waals surface area contributed by atoms with E-state index >= 15 is 0 Å². The lowest BCUT2D eigenvalue weighted by Crippen LogP contribution is -1.89. The molecule has 6 aromatic heterocycles. The molecule has 0 saturated carbocycles. The first-order valence-corrected chi connectivity index (χ1v) is 16.4. The normalized spacial score (nSPS) is 11.6. The summed E-state index contributed by atoms with van der Waals surface area (Å²) < 4.78 is 12.7. The number of nitrogens with zero attached hydrogens (tertiary/aromatic N) is 4. The number of pyridine rings is 4. The second-order valence-corrected chi connectivity index (χ2v) is 12.3. The SMILES string of the molecule is c1ccc(-c2ccc3oc4c(-c5ccc(-c6ccc(-c7ccnc8c7oc7ccc(-c9ccccc9)cc78)nc6)cn5)ccnc4c3c2)cc1. The van der Waals surface area contributed by atoms with Crippen molar-refractivity contribution in [2.24, 2.45) is 0 Å². The molecule has 0 fully saturated rings. The van der Waals surface area contributed by atoms with Crippen LogP contribution in [0.25, 0.3) is 100 Å². The highest BCUT2D eigenvalue weighted by Gasteiger charge is 2.17. The maximum Gasteiger partial charge on any atom is 0.163 e. The first-order valence-electron chi connectivity index (χ1n) is 16.4. The zero-order valence-corrected chi connectivity index (χ0v) is 26.6. The largest absolute Gasteiger partial charge is 0.454 e. The van der Waals surface area contributed by atoms with Gasteiger partial charge in [0.25, 0.3) is 0 Å². The highest BCUT2D eigenvalue weighted by Crippen LogP contribution is 2.38. The Labute approximate surface area is 286 Å². The van der Waals surface area contributed by atoms with Crippen molar-refractivity contribution in [3.8, 4) is 55.9 Å². The number of hydrogen-bond acceptors (Lipinski definition) is 6. The van der Waals surface area contributed by atoms with Gasteiger partial charge in [-0.3, -0.25) is 19.9 Å². The summed E-state index contributed by atoms with van der Waals surface area (Å²) in [4.78, 5) is 19.1. The summed E-state index contributed by atoms with van der Waals surface area (Å²) in [7, 11) is 0. The van der Waals surface area contributed by atoms with Crippen molar-refractivity contribution in [3.05, 3.63) is 158 Å². The van der Waals surface area contributed by atoms with Crippen molar-refractivity contribution >= 4 is 44.1 Å². The Morgan fingerprint density at radius 1 is 0.360 bits per heavy atom. The maximum atomic E-state index is 6.35. The van der Waals surface area contributed by atoms with Crippen LogP contribution in [0.2, 0.25) is 0 Å². The van der Waals surface area contributed by atoms with E-state index in [2.05, 4.69) is 60.7 Å². The number of benzene rings is 4. The maximum absolute atomic E-state index is 6.35. The summed E-state index contributed by atoms with van der Waals surface area (Å²) in [6.45, 7) is 0. The van der Waals surface area contributed by atoms with Crippen LogP contribution >= 0.6 is 0 Å². The van der Waals surface area contributed by atoms with Gasteiger partial charge in [-0.25, -0.2) is 0 Å². The van der Waals surface area contributed by atoms with Gasteiger partial charge in [0.05, 0.1) is 11.4 Å². The lowest BCUT2D eigenvalue weighted by atomic mass is 10.0. The fraction of sp³-hybridized carbons (Fsp3) is 0. The molecule has 50 heavy (non-hydrogen) atoms. The zero-order chi connectivity index (χ0) is 33.0. The summed E-state index contributed by atoms with van der Waals surface area (Å²) >= 11 is 0. The average molecular weight is 643 g/mol. The van der Waals surface area contributed by atoms with Crippen LogP contribution in [0.5, 0.6) is 0 Å². The molecule has 6 heterocycles. The van der Waals surface area contributed by atoms with Gasteiger partial charge in [0.2, 0.25) is 0 Å². The Bertz CT molecular complexity index is 2640. The molecule has 0 aliphatic heterocycles. The summed E-state index contributed by atoms with van der Waals surface area (Å²) in [6.07, 6.45) is 7.39. The number of furan rings is 2. The molecule has 4 aromatic carbocycles. The number of hydrogen-bond donors (Lipinski definition) is 0. The summed E-state index contributed by atoms with van der Waals surface area (Å²) in [6, 6.07) is 45.2. The quantitative estimate of drug-likeness (QED) is 0.186. The van der Waals surface area contributed by atoms with Gasteiger partial charge in [-0.1, -0.05) is 84.9 Å². The van der Waals surface area contributed by atoms with Crippen LogP contribution in [-0.2, 0) is 0 Å². The summed E-state index contributed by atoms with van der Waals surface area (Å²) in [5, 5.41) is 1.97. The highest BCUT2D eigenvalue weighted by molar-refractivity contribution is 6.09. The molecular formula is C44H26N4O2. The molecule has 0 spiro atoms. The zero-order valence-electron chi connectivity index (χ0n) is 26.6. The summed E-state index contributed by atoms with van der Waals surface area (Å²) in [5.74, 6) is 0. The molecule has 0 aliphatic carbocycles. The Hall–Kier alpha value is -6.92. The predicted molar refractivity (Wildman–Crippen MR) is 199 cm³/mol.